The zero-order valence-corrected chi connectivity index (χ0v) is 6.12. The zero-order valence-electron chi connectivity index (χ0n) is 6.12. The summed E-state index contributed by atoms with van der Waals surface area (Å²) < 4.78 is 60.0. The van der Waals surface area contributed by atoms with E-state index in [1.165, 1.54) is 0 Å². The summed E-state index contributed by atoms with van der Waals surface area (Å²) in [6, 6.07) is -0.0618. The summed E-state index contributed by atoms with van der Waals surface area (Å²) in [5, 5.41) is 0. The first-order valence-electron chi connectivity index (χ1n) is 2.86. The lowest BCUT2D eigenvalue weighted by Gasteiger charge is -1.96. The lowest BCUT2D eigenvalue weighted by Crippen LogP contribution is -1.98. The second kappa shape index (κ2) is 4.45. The van der Waals surface area contributed by atoms with Crippen LogP contribution in [0.15, 0.2) is 6.07 Å². The van der Waals surface area contributed by atoms with Crippen molar-refractivity contribution in [2.75, 3.05) is 0 Å². The molecule has 0 amide bonds. The Balaban J connectivity index is 0.000000671. The summed E-state index contributed by atoms with van der Waals surface area (Å²) in [5.74, 6) is -9.65. The van der Waals surface area contributed by atoms with Crippen molar-refractivity contribution in [2.45, 2.75) is 0 Å². The van der Waals surface area contributed by atoms with Crippen molar-refractivity contribution in [1.29, 1.82) is 0 Å². The Hall–Kier alpha value is -1.57. The van der Waals surface area contributed by atoms with Crippen molar-refractivity contribution >= 4 is 0 Å². The Kier molecular flexibility index (Phi) is 3.92. The van der Waals surface area contributed by atoms with Gasteiger partial charge in [-0.25, -0.2) is 22.0 Å². The summed E-state index contributed by atoms with van der Waals surface area (Å²) in [6.07, 6.45) is 8.00. The summed E-state index contributed by atoms with van der Waals surface area (Å²) in [4.78, 5) is 0. The molecule has 0 saturated carbocycles. The quantitative estimate of drug-likeness (QED) is 0.258. The van der Waals surface area contributed by atoms with E-state index >= 15 is 0 Å². The van der Waals surface area contributed by atoms with Gasteiger partial charge in [0.05, 0.1) is 0 Å². The van der Waals surface area contributed by atoms with Crippen LogP contribution in [0.3, 0.4) is 0 Å². The Morgan fingerprint density at radius 3 is 1.31 bits per heavy atom. The van der Waals surface area contributed by atoms with Gasteiger partial charge in [-0.05, 0) is 0 Å². The SMILES string of the molecule is C#C.Fc1cc(F)c(F)c(F)c1F. The largest absolute Gasteiger partial charge is 0.204 e. The third kappa shape index (κ3) is 2.18. The molecule has 0 atom stereocenters. The minimum atomic E-state index is -2.14. The Bertz CT molecular complexity index is 303. The fourth-order valence-corrected chi connectivity index (χ4v) is 0.544. The smallest absolute Gasteiger partial charge is 0.200 e. The molecule has 0 aliphatic heterocycles. The molecule has 0 N–H and O–H groups in total. The molecule has 70 valence electrons. The van der Waals surface area contributed by atoms with Gasteiger partial charge in [-0.1, -0.05) is 0 Å². The zero-order chi connectivity index (χ0) is 10.6. The maximum Gasteiger partial charge on any atom is 0.200 e. The molecule has 1 aromatic carbocycles. The van der Waals surface area contributed by atoms with Gasteiger partial charge in [-0.3, -0.25) is 0 Å². The van der Waals surface area contributed by atoms with Gasteiger partial charge >= 0.3 is 0 Å². The number of hydrogen-bond donors (Lipinski definition) is 0. The van der Waals surface area contributed by atoms with Gasteiger partial charge in [0.1, 0.15) is 0 Å². The van der Waals surface area contributed by atoms with Crippen LogP contribution in [-0.2, 0) is 0 Å². The second-order valence-electron chi connectivity index (χ2n) is 1.78. The van der Waals surface area contributed by atoms with Crippen molar-refractivity contribution in [3.8, 4) is 12.8 Å². The van der Waals surface area contributed by atoms with Crippen LogP contribution in [0.25, 0.3) is 0 Å². The first-order valence-corrected chi connectivity index (χ1v) is 2.86. The molecule has 13 heavy (non-hydrogen) atoms. The van der Waals surface area contributed by atoms with E-state index in [2.05, 4.69) is 12.8 Å². The van der Waals surface area contributed by atoms with Gasteiger partial charge < -0.3 is 0 Å². The normalized spacial score (nSPS) is 8.85. The van der Waals surface area contributed by atoms with Crippen LogP contribution in [0.5, 0.6) is 0 Å². The molecule has 0 aromatic heterocycles. The van der Waals surface area contributed by atoms with Crippen LogP contribution < -0.4 is 0 Å². The van der Waals surface area contributed by atoms with Crippen molar-refractivity contribution in [3.05, 3.63) is 35.2 Å². The summed E-state index contributed by atoms with van der Waals surface area (Å²) in [7, 11) is 0. The van der Waals surface area contributed by atoms with E-state index in [4.69, 9.17) is 0 Å². The molecule has 0 nitrogen and oxygen atoms in total. The van der Waals surface area contributed by atoms with Crippen molar-refractivity contribution in [1.82, 2.24) is 0 Å². The molecule has 0 aliphatic carbocycles. The van der Waals surface area contributed by atoms with Crippen LogP contribution in [0.4, 0.5) is 22.0 Å². The van der Waals surface area contributed by atoms with E-state index < -0.39 is 29.1 Å². The topological polar surface area (TPSA) is 0 Å². The Morgan fingerprint density at radius 2 is 1.00 bits per heavy atom. The highest BCUT2D eigenvalue weighted by Gasteiger charge is 2.18. The lowest BCUT2D eigenvalue weighted by molar-refractivity contribution is 0.378. The molecule has 1 aromatic rings. The minimum Gasteiger partial charge on any atom is -0.204 e. The molecule has 0 radical (unpaired) electrons. The molecular weight excluding hydrogens is 191 g/mol. The molecule has 0 saturated heterocycles. The Labute approximate surface area is 71.0 Å². The van der Waals surface area contributed by atoms with Crippen LogP contribution in [-0.4, -0.2) is 0 Å². The highest BCUT2D eigenvalue weighted by molar-refractivity contribution is 5.12. The van der Waals surface area contributed by atoms with E-state index in [0.29, 0.717) is 0 Å². The summed E-state index contributed by atoms with van der Waals surface area (Å²) >= 11 is 0. The standard InChI is InChI=1S/C6HF5.C2H2/c7-2-1-3(8)5(10)6(11)4(2)9;1-2/h1H;1-2H. The number of rotatable bonds is 0. The third-order valence-corrected chi connectivity index (χ3v) is 1.06. The van der Waals surface area contributed by atoms with Crippen LogP contribution in [0, 0.1) is 41.9 Å². The van der Waals surface area contributed by atoms with Gasteiger partial charge in [0.2, 0.25) is 5.82 Å². The molecule has 0 unspecified atom stereocenters. The molecule has 1 rings (SSSR count). The average Bonchev–Trinajstić information content (AvgIpc) is 2.15. The van der Waals surface area contributed by atoms with Crippen LogP contribution in [0.2, 0.25) is 0 Å². The third-order valence-electron chi connectivity index (χ3n) is 1.06. The maximum atomic E-state index is 12.0. The van der Waals surface area contributed by atoms with Gasteiger partial charge in [0.15, 0.2) is 23.3 Å². The molecule has 5 heteroatoms. The second-order valence-corrected chi connectivity index (χ2v) is 1.78. The fourth-order valence-electron chi connectivity index (χ4n) is 0.544. The minimum absolute atomic E-state index is 0.0618. The van der Waals surface area contributed by atoms with Crippen LogP contribution in [0.1, 0.15) is 0 Å². The summed E-state index contributed by atoms with van der Waals surface area (Å²) in [6.45, 7) is 0. The predicted octanol–water partition coefficient (Wildman–Crippen LogP) is 2.63. The molecule has 0 spiro atoms. The van der Waals surface area contributed by atoms with E-state index in [0.717, 1.165) is 0 Å². The highest BCUT2D eigenvalue weighted by Crippen LogP contribution is 2.16. The first-order chi connectivity index (χ1) is 6.04. The number of hydrogen-bond acceptors (Lipinski definition) is 0. The number of benzene rings is 1. The summed E-state index contributed by atoms with van der Waals surface area (Å²) in [5.41, 5.74) is 0. The maximum absolute atomic E-state index is 12.0. The lowest BCUT2D eigenvalue weighted by atomic mass is 10.3. The van der Waals surface area contributed by atoms with Gasteiger partial charge in [-0.2, -0.15) is 0 Å². The van der Waals surface area contributed by atoms with Crippen LogP contribution >= 0.6 is 0 Å². The van der Waals surface area contributed by atoms with Crippen molar-refractivity contribution in [2.24, 2.45) is 0 Å². The fraction of sp³-hybridized carbons (Fsp3) is 0. The van der Waals surface area contributed by atoms with Gasteiger partial charge in [0.25, 0.3) is 0 Å². The first kappa shape index (κ1) is 11.4. The van der Waals surface area contributed by atoms with E-state index in [9.17, 15) is 22.0 Å². The Morgan fingerprint density at radius 1 is 0.692 bits per heavy atom. The van der Waals surface area contributed by atoms with Crippen molar-refractivity contribution < 1.29 is 22.0 Å². The molecule has 0 fully saturated rings. The van der Waals surface area contributed by atoms with Gasteiger partial charge in [-0.15, -0.1) is 12.8 Å². The number of halogens is 5. The average molecular weight is 194 g/mol. The molecule has 0 heterocycles. The molecule has 0 bridgehead atoms. The highest BCUT2D eigenvalue weighted by atomic mass is 19.2. The molecular formula is C8H3F5. The number of terminal acetylenes is 1. The van der Waals surface area contributed by atoms with E-state index in [-0.39, 0.29) is 6.07 Å². The van der Waals surface area contributed by atoms with E-state index in [1.54, 1.807) is 0 Å². The van der Waals surface area contributed by atoms with E-state index in [1.807, 2.05) is 0 Å². The van der Waals surface area contributed by atoms with Gasteiger partial charge in [0, 0.05) is 6.07 Å². The monoisotopic (exact) mass is 194 g/mol. The predicted molar refractivity (Wildman–Crippen MR) is 36.1 cm³/mol. The molecule has 0 aliphatic rings. The van der Waals surface area contributed by atoms with Crippen molar-refractivity contribution in [3.63, 3.8) is 0 Å².